The summed E-state index contributed by atoms with van der Waals surface area (Å²) in [5, 5.41) is 44.6. The molecule has 1 fully saturated rings. The molecule has 5 nitrogen and oxygen atoms in total. The molecule has 0 heterocycles. The van der Waals surface area contributed by atoms with Crippen molar-refractivity contribution in [3.63, 3.8) is 0 Å². The molecule has 1 aliphatic carbocycles. The lowest BCUT2D eigenvalue weighted by Crippen LogP contribution is -2.65. The van der Waals surface area contributed by atoms with E-state index in [-0.39, 0.29) is 0 Å². The molecule has 0 amide bonds. The van der Waals surface area contributed by atoms with Gasteiger partial charge in [-0.15, -0.1) is 0 Å². The van der Waals surface area contributed by atoms with Crippen LogP contribution in [-0.2, 0) is 0 Å². The molecule has 7 heteroatoms. The van der Waals surface area contributed by atoms with Gasteiger partial charge in [0.25, 0.3) is 5.92 Å². The second-order valence-corrected chi connectivity index (χ2v) is 3.38. The van der Waals surface area contributed by atoms with Gasteiger partial charge in [-0.25, -0.2) is 8.78 Å². The van der Waals surface area contributed by atoms with Gasteiger partial charge in [0, 0.05) is 0 Å². The van der Waals surface area contributed by atoms with Gasteiger partial charge < -0.3 is 25.5 Å². The number of aliphatic hydroxyl groups is 5. The Balaban J connectivity index is 2.96. The van der Waals surface area contributed by atoms with Crippen molar-refractivity contribution in [2.24, 2.45) is 5.92 Å². The smallest absolute Gasteiger partial charge is 0.283 e. The highest BCUT2D eigenvalue weighted by molar-refractivity contribution is 5.02. The fraction of sp³-hybridized carbons (Fsp3) is 1.00. The van der Waals surface area contributed by atoms with E-state index in [1.165, 1.54) is 0 Å². The van der Waals surface area contributed by atoms with Crippen LogP contribution < -0.4 is 0 Å². The van der Waals surface area contributed by atoms with Crippen molar-refractivity contribution in [3.05, 3.63) is 0 Å². The average Bonchev–Trinajstić information content (AvgIpc) is 2.13. The van der Waals surface area contributed by atoms with Crippen LogP contribution in [0, 0.1) is 5.92 Å². The molecule has 0 aliphatic heterocycles. The summed E-state index contributed by atoms with van der Waals surface area (Å²) >= 11 is 0. The Morgan fingerprint density at radius 2 is 1.43 bits per heavy atom. The molecule has 0 spiro atoms. The number of hydrogen-bond donors (Lipinski definition) is 5. The molecule has 0 aromatic carbocycles. The molecule has 0 bridgehead atoms. The van der Waals surface area contributed by atoms with Gasteiger partial charge in [0.2, 0.25) is 0 Å². The number of hydrogen-bond acceptors (Lipinski definition) is 5. The molecule has 5 atom stereocenters. The minimum atomic E-state index is -3.83. The third kappa shape index (κ3) is 1.51. The van der Waals surface area contributed by atoms with Crippen molar-refractivity contribution >= 4 is 0 Å². The molecule has 5 N–H and O–H groups in total. The molecule has 14 heavy (non-hydrogen) atoms. The summed E-state index contributed by atoms with van der Waals surface area (Å²) in [5.74, 6) is -5.80. The van der Waals surface area contributed by atoms with E-state index in [9.17, 15) is 8.78 Å². The van der Waals surface area contributed by atoms with Gasteiger partial charge in [-0.1, -0.05) is 0 Å². The third-order valence-corrected chi connectivity index (χ3v) is 2.52. The summed E-state index contributed by atoms with van der Waals surface area (Å²) in [6, 6.07) is 0. The van der Waals surface area contributed by atoms with Crippen molar-refractivity contribution in [2.75, 3.05) is 6.61 Å². The number of alkyl halides is 2. The Morgan fingerprint density at radius 3 is 1.86 bits per heavy atom. The Kier molecular flexibility index (Phi) is 3.07. The predicted octanol–water partition coefficient (Wildman–Crippen LogP) is -2.31. The van der Waals surface area contributed by atoms with Crippen LogP contribution >= 0.6 is 0 Å². The molecule has 0 radical (unpaired) electrons. The lowest BCUT2D eigenvalue weighted by Gasteiger charge is -2.43. The third-order valence-electron chi connectivity index (χ3n) is 2.52. The fourth-order valence-corrected chi connectivity index (χ4v) is 1.53. The first kappa shape index (κ1) is 11.7. The van der Waals surface area contributed by atoms with Crippen molar-refractivity contribution < 1.29 is 34.3 Å². The Labute approximate surface area is 78.2 Å². The van der Waals surface area contributed by atoms with Crippen LogP contribution in [0.5, 0.6) is 0 Å². The molecule has 1 saturated carbocycles. The maximum atomic E-state index is 13.1. The molecular formula is C7H12F2O5. The Morgan fingerprint density at radius 1 is 0.929 bits per heavy atom. The summed E-state index contributed by atoms with van der Waals surface area (Å²) in [5.41, 5.74) is 0. The molecule has 1 rings (SSSR count). The summed E-state index contributed by atoms with van der Waals surface area (Å²) in [6.07, 6.45) is -8.46. The average molecular weight is 214 g/mol. The first-order valence-electron chi connectivity index (χ1n) is 4.05. The lowest BCUT2D eigenvalue weighted by molar-refractivity contribution is -0.273. The first-order valence-corrected chi connectivity index (χ1v) is 4.05. The summed E-state index contributed by atoms with van der Waals surface area (Å²) in [7, 11) is 0. The minimum absolute atomic E-state index is 1.09. The SMILES string of the molecule is OC[C@@H]1[C@H](O)[C@H](O)[C@@H](O)[C@H](O)C1(F)F. The van der Waals surface area contributed by atoms with E-state index in [2.05, 4.69) is 0 Å². The van der Waals surface area contributed by atoms with E-state index in [0.29, 0.717) is 0 Å². The summed E-state index contributed by atoms with van der Waals surface area (Å²) < 4.78 is 26.2. The zero-order valence-electron chi connectivity index (χ0n) is 7.09. The van der Waals surface area contributed by atoms with E-state index in [1.54, 1.807) is 0 Å². The summed E-state index contributed by atoms with van der Waals surface area (Å²) in [4.78, 5) is 0. The second kappa shape index (κ2) is 3.67. The van der Waals surface area contributed by atoms with Gasteiger partial charge in [-0.2, -0.15) is 0 Å². The largest absolute Gasteiger partial charge is 0.396 e. The van der Waals surface area contributed by atoms with E-state index >= 15 is 0 Å². The van der Waals surface area contributed by atoms with Gasteiger partial charge in [-0.3, -0.25) is 0 Å². The van der Waals surface area contributed by atoms with Crippen LogP contribution in [0.3, 0.4) is 0 Å². The zero-order chi connectivity index (χ0) is 11.1. The molecule has 84 valence electrons. The van der Waals surface area contributed by atoms with Crippen LogP contribution in [0.1, 0.15) is 0 Å². The Bertz CT molecular complexity index is 212. The van der Waals surface area contributed by atoms with Gasteiger partial charge in [0.15, 0.2) is 0 Å². The van der Waals surface area contributed by atoms with Crippen molar-refractivity contribution in [3.8, 4) is 0 Å². The monoisotopic (exact) mass is 214 g/mol. The van der Waals surface area contributed by atoms with Crippen LogP contribution in [0.2, 0.25) is 0 Å². The lowest BCUT2D eigenvalue weighted by atomic mass is 9.78. The Hall–Kier alpha value is -0.340. The second-order valence-electron chi connectivity index (χ2n) is 3.38. The van der Waals surface area contributed by atoms with Crippen molar-refractivity contribution in [1.82, 2.24) is 0 Å². The first-order chi connectivity index (χ1) is 6.34. The van der Waals surface area contributed by atoms with E-state index in [1.807, 2.05) is 0 Å². The zero-order valence-corrected chi connectivity index (χ0v) is 7.09. The number of halogens is 2. The van der Waals surface area contributed by atoms with Gasteiger partial charge in [0.1, 0.15) is 18.3 Å². The quantitative estimate of drug-likeness (QED) is 0.337. The highest BCUT2D eigenvalue weighted by Gasteiger charge is 2.60. The van der Waals surface area contributed by atoms with Crippen molar-refractivity contribution in [2.45, 2.75) is 30.3 Å². The summed E-state index contributed by atoms with van der Waals surface area (Å²) in [6.45, 7) is -1.09. The normalized spacial score (nSPS) is 47.8. The topological polar surface area (TPSA) is 101 Å². The van der Waals surface area contributed by atoms with Crippen LogP contribution in [-0.4, -0.2) is 62.5 Å². The molecule has 1 aliphatic rings. The van der Waals surface area contributed by atoms with E-state index in [4.69, 9.17) is 25.5 Å². The van der Waals surface area contributed by atoms with Crippen LogP contribution in [0.15, 0.2) is 0 Å². The molecule has 0 aromatic heterocycles. The molecule has 0 saturated heterocycles. The van der Waals surface area contributed by atoms with Crippen LogP contribution in [0.4, 0.5) is 8.78 Å². The van der Waals surface area contributed by atoms with Crippen LogP contribution in [0.25, 0.3) is 0 Å². The molecule has 0 aromatic rings. The predicted molar refractivity (Wildman–Crippen MR) is 39.6 cm³/mol. The number of rotatable bonds is 1. The van der Waals surface area contributed by atoms with Crippen molar-refractivity contribution in [1.29, 1.82) is 0 Å². The van der Waals surface area contributed by atoms with Gasteiger partial charge in [-0.05, 0) is 0 Å². The standard InChI is InChI=1S/C7H12F2O5/c8-7(9)2(1-10)3(11)4(12)5(13)6(7)14/h2-6,10-14H,1H2/t2-,3+,4+,5-,6+/m1/s1. The highest BCUT2D eigenvalue weighted by atomic mass is 19.3. The van der Waals surface area contributed by atoms with E-state index < -0.39 is 42.9 Å². The maximum absolute atomic E-state index is 13.1. The van der Waals surface area contributed by atoms with Gasteiger partial charge >= 0.3 is 0 Å². The van der Waals surface area contributed by atoms with Gasteiger partial charge in [0.05, 0.1) is 18.6 Å². The number of aliphatic hydroxyl groups excluding tert-OH is 5. The maximum Gasteiger partial charge on any atom is 0.283 e. The highest BCUT2D eigenvalue weighted by Crippen LogP contribution is 2.38. The molecular weight excluding hydrogens is 202 g/mol. The minimum Gasteiger partial charge on any atom is -0.396 e. The van der Waals surface area contributed by atoms with E-state index in [0.717, 1.165) is 0 Å². The molecule has 0 unspecified atom stereocenters. The fourth-order valence-electron chi connectivity index (χ4n) is 1.53.